The van der Waals surface area contributed by atoms with Crippen molar-refractivity contribution in [2.24, 2.45) is 0 Å². The van der Waals surface area contributed by atoms with Gasteiger partial charge in [0.1, 0.15) is 12.3 Å². The van der Waals surface area contributed by atoms with Gasteiger partial charge in [0.25, 0.3) is 0 Å². The molecule has 0 amide bonds. The maximum atomic E-state index is 12.6. The van der Waals surface area contributed by atoms with Gasteiger partial charge in [-0.15, -0.1) is 5.10 Å². The summed E-state index contributed by atoms with van der Waals surface area (Å²) >= 11 is 0. The topological polar surface area (TPSA) is 103 Å². The summed E-state index contributed by atoms with van der Waals surface area (Å²) in [5, 5.41) is 18.2. The van der Waals surface area contributed by atoms with Crippen molar-refractivity contribution in [3.8, 4) is 0 Å². The molecule has 0 aromatic carbocycles. The number of hydrogen-bond donors (Lipinski definition) is 1. The normalized spacial score (nSPS) is 11.9. The summed E-state index contributed by atoms with van der Waals surface area (Å²) < 4.78 is 68.0. The number of tetrazole rings is 1. The lowest BCUT2D eigenvalue weighted by Crippen LogP contribution is -2.14. The molecule has 2 rings (SSSR count). The van der Waals surface area contributed by atoms with Crippen molar-refractivity contribution in [1.29, 1.82) is 0 Å². The van der Waals surface area contributed by atoms with Crippen LogP contribution in [-0.4, -0.2) is 36.3 Å². The zero-order chi connectivity index (χ0) is 17.9. The highest BCUT2D eigenvalue weighted by Crippen LogP contribution is 2.28. The van der Waals surface area contributed by atoms with E-state index >= 15 is 0 Å². The zero-order valence-electron chi connectivity index (χ0n) is 11.5. The first-order chi connectivity index (χ1) is 11.2. The number of aromatic carboxylic acids is 1. The molecule has 0 saturated carbocycles. The summed E-state index contributed by atoms with van der Waals surface area (Å²) in [5.74, 6) is -1.89. The Kier molecular flexibility index (Phi) is 5.02. The first-order valence-corrected chi connectivity index (χ1v) is 6.13. The maximum Gasteiger partial charge on any atom is 0.433 e. The van der Waals surface area contributed by atoms with Gasteiger partial charge in [-0.05, 0) is 22.6 Å². The molecule has 0 radical (unpaired) electrons. The van der Waals surface area contributed by atoms with Crippen molar-refractivity contribution in [3.05, 3.63) is 34.9 Å². The highest BCUT2D eigenvalue weighted by atomic mass is 19.4. The molecule has 0 spiro atoms. The number of carbonyl (C=O) groups is 1. The van der Waals surface area contributed by atoms with Gasteiger partial charge < -0.3 is 9.84 Å². The van der Waals surface area contributed by atoms with E-state index < -0.39 is 48.9 Å². The van der Waals surface area contributed by atoms with Gasteiger partial charge in [0.2, 0.25) is 0 Å². The van der Waals surface area contributed by atoms with Crippen molar-refractivity contribution in [3.63, 3.8) is 0 Å². The standard InChI is InChI=1S/C11H8F5N5O3/c12-10(13)21-8(18-19-20-21)4-24-3-6-5(9(22)23)1-2-7(17-6)11(14,15)16/h1-2,10H,3-4H2,(H,22,23). The summed E-state index contributed by atoms with van der Waals surface area (Å²) in [7, 11) is 0. The molecule has 0 unspecified atom stereocenters. The minimum Gasteiger partial charge on any atom is -0.478 e. The minimum atomic E-state index is -4.77. The Labute approximate surface area is 129 Å². The summed E-state index contributed by atoms with van der Waals surface area (Å²) in [4.78, 5) is 14.2. The van der Waals surface area contributed by atoms with Crippen molar-refractivity contribution in [2.45, 2.75) is 25.9 Å². The largest absolute Gasteiger partial charge is 0.478 e. The summed E-state index contributed by atoms with van der Waals surface area (Å²) in [6.07, 6.45) is -4.77. The lowest BCUT2D eigenvalue weighted by molar-refractivity contribution is -0.141. The Bertz CT molecular complexity index is 733. The molecule has 2 aromatic heterocycles. The third kappa shape index (κ3) is 3.98. The van der Waals surface area contributed by atoms with E-state index in [-0.39, 0.29) is 10.5 Å². The number of pyridine rings is 1. The molecule has 0 fully saturated rings. The van der Waals surface area contributed by atoms with Crippen LogP contribution in [-0.2, 0) is 24.1 Å². The molecular weight excluding hydrogens is 345 g/mol. The molecule has 0 aliphatic rings. The predicted octanol–water partition coefficient (Wildman–Crippen LogP) is 1.90. The summed E-state index contributed by atoms with van der Waals surface area (Å²) in [6, 6.07) is 1.25. The number of rotatable bonds is 6. The smallest absolute Gasteiger partial charge is 0.433 e. The Morgan fingerprint density at radius 3 is 2.58 bits per heavy atom. The number of ether oxygens (including phenoxy) is 1. The van der Waals surface area contributed by atoms with Gasteiger partial charge in [0.15, 0.2) is 5.82 Å². The van der Waals surface area contributed by atoms with Crippen LogP contribution in [0.4, 0.5) is 22.0 Å². The molecule has 0 aliphatic carbocycles. The molecule has 1 N–H and O–H groups in total. The molecule has 2 heterocycles. The van der Waals surface area contributed by atoms with E-state index in [0.29, 0.717) is 6.07 Å². The SMILES string of the molecule is O=C(O)c1ccc(C(F)(F)F)nc1COCc1nnnn1C(F)F. The predicted molar refractivity (Wildman–Crippen MR) is 63.8 cm³/mol. The Morgan fingerprint density at radius 2 is 2.00 bits per heavy atom. The van der Waals surface area contributed by atoms with E-state index in [1.54, 1.807) is 0 Å². The maximum absolute atomic E-state index is 12.6. The first-order valence-electron chi connectivity index (χ1n) is 6.13. The van der Waals surface area contributed by atoms with Crippen LogP contribution < -0.4 is 0 Å². The molecule has 24 heavy (non-hydrogen) atoms. The molecule has 0 aliphatic heterocycles. The number of hydrogen-bond acceptors (Lipinski definition) is 6. The van der Waals surface area contributed by atoms with Gasteiger partial charge in [-0.25, -0.2) is 9.78 Å². The molecular formula is C11H8F5N5O3. The van der Waals surface area contributed by atoms with Crippen LogP contribution in [0.2, 0.25) is 0 Å². The van der Waals surface area contributed by atoms with Crippen molar-refractivity contribution < 1.29 is 36.6 Å². The van der Waals surface area contributed by atoms with Crippen LogP contribution in [0.1, 0.15) is 34.1 Å². The number of halogens is 5. The summed E-state index contributed by atoms with van der Waals surface area (Å²) in [5.41, 5.74) is -2.31. The van der Waals surface area contributed by atoms with Crippen LogP contribution in [0, 0.1) is 0 Å². The monoisotopic (exact) mass is 353 g/mol. The molecule has 0 bridgehead atoms. The average Bonchev–Trinajstić information content (AvgIpc) is 2.94. The van der Waals surface area contributed by atoms with Crippen LogP contribution in [0.5, 0.6) is 0 Å². The fourth-order valence-electron chi connectivity index (χ4n) is 1.66. The molecule has 2 aromatic rings. The van der Waals surface area contributed by atoms with E-state index in [2.05, 4.69) is 20.5 Å². The molecule has 8 nitrogen and oxygen atoms in total. The van der Waals surface area contributed by atoms with E-state index in [4.69, 9.17) is 9.84 Å². The van der Waals surface area contributed by atoms with Gasteiger partial charge in [-0.1, -0.05) is 0 Å². The second-order valence-electron chi connectivity index (χ2n) is 4.30. The number of aromatic nitrogens is 5. The molecule has 0 atom stereocenters. The lowest BCUT2D eigenvalue weighted by Gasteiger charge is -2.11. The third-order valence-corrected chi connectivity index (χ3v) is 2.71. The highest BCUT2D eigenvalue weighted by Gasteiger charge is 2.33. The second kappa shape index (κ2) is 6.82. The third-order valence-electron chi connectivity index (χ3n) is 2.71. The quantitative estimate of drug-likeness (QED) is 0.791. The van der Waals surface area contributed by atoms with Crippen molar-refractivity contribution >= 4 is 5.97 Å². The van der Waals surface area contributed by atoms with E-state index in [1.165, 1.54) is 0 Å². The summed E-state index contributed by atoms with van der Waals surface area (Å²) in [6.45, 7) is -4.27. The number of carboxylic acid groups (broad SMARTS) is 1. The van der Waals surface area contributed by atoms with Crippen LogP contribution in [0.3, 0.4) is 0 Å². The van der Waals surface area contributed by atoms with Gasteiger partial charge in [-0.3, -0.25) is 0 Å². The molecule has 13 heteroatoms. The van der Waals surface area contributed by atoms with E-state index in [1.807, 2.05) is 0 Å². The van der Waals surface area contributed by atoms with Gasteiger partial charge in [0.05, 0.1) is 17.9 Å². The lowest BCUT2D eigenvalue weighted by atomic mass is 10.1. The fraction of sp³-hybridized carbons (Fsp3) is 0.364. The first kappa shape index (κ1) is 17.7. The zero-order valence-corrected chi connectivity index (χ0v) is 11.5. The van der Waals surface area contributed by atoms with Gasteiger partial charge in [0, 0.05) is 0 Å². The number of alkyl halides is 5. The van der Waals surface area contributed by atoms with Crippen molar-refractivity contribution in [1.82, 2.24) is 25.2 Å². The Balaban J connectivity index is 2.16. The number of nitrogens with zero attached hydrogens (tertiary/aromatic N) is 5. The fourth-order valence-corrected chi connectivity index (χ4v) is 1.66. The molecule has 130 valence electrons. The second-order valence-corrected chi connectivity index (χ2v) is 4.30. The van der Waals surface area contributed by atoms with Crippen LogP contribution >= 0.6 is 0 Å². The average molecular weight is 353 g/mol. The van der Waals surface area contributed by atoms with Crippen molar-refractivity contribution in [2.75, 3.05) is 0 Å². The van der Waals surface area contributed by atoms with E-state index in [0.717, 1.165) is 6.07 Å². The Morgan fingerprint density at radius 1 is 1.29 bits per heavy atom. The number of carboxylic acids is 1. The van der Waals surface area contributed by atoms with Crippen LogP contribution in [0.25, 0.3) is 0 Å². The van der Waals surface area contributed by atoms with Gasteiger partial charge >= 0.3 is 18.7 Å². The van der Waals surface area contributed by atoms with E-state index in [9.17, 15) is 26.7 Å². The minimum absolute atomic E-state index is 0.150. The Hall–Kier alpha value is -2.70. The van der Waals surface area contributed by atoms with Gasteiger partial charge in [-0.2, -0.15) is 26.6 Å². The highest BCUT2D eigenvalue weighted by molar-refractivity contribution is 5.88. The van der Waals surface area contributed by atoms with Crippen LogP contribution in [0.15, 0.2) is 12.1 Å². The molecule has 0 saturated heterocycles.